The van der Waals surface area contributed by atoms with E-state index in [-0.39, 0.29) is 5.92 Å². The molecule has 0 bridgehead atoms. The molecule has 0 N–H and O–H groups in total. The topological polar surface area (TPSA) is 23.6 Å². The zero-order valence-electron chi connectivity index (χ0n) is 21.1. The number of piperazine rings is 1. The predicted octanol–water partition coefficient (Wildman–Crippen LogP) is 6.67. The van der Waals surface area contributed by atoms with Crippen molar-refractivity contribution < 1.29 is 4.79 Å². The third kappa shape index (κ3) is 5.24. The Labute approximate surface area is 196 Å². The molecule has 1 aromatic rings. The first kappa shape index (κ1) is 23.8. The van der Waals surface area contributed by atoms with Gasteiger partial charge in [0.05, 0.1) is 0 Å². The zero-order chi connectivity index (χ0) is 22.7. The lowest BCUT2D eigenvalue weighted by Crippen LogP contribution is -2.54. The number of para-hydroxylation sites is 1. The third-order valence-corrected chi connectivity index (χ3v) is 8.94. The Bertz CT molecular complexity index is 751. The summed E-state index contributed by atoms with van der Waals surface area (Å²) in [5.74, 6) is 2.36. The summed E-state index contributed by atoms with van der Waals surface area (Å²) < 4.78 is 0. The molecule has 3 heteroatoms. The molecule has 0 radical (unpaired) electrons. The molecule has 2 aliphatic carbocycles. The number of rotatable bonds is 5. The maximum absolute atomic E-state index is 12.6. The molecule has 1 saturated heterocycles. The van der Waals surface area contributed by atoms with Crippen molar-refractivity contribution in [3.8, 4) is 0 Å². The molecule has 3 nitrogen and oxygen atoms in total. The number of hydrogen-bond acceptors (Lipinski definition) is 3. The van der Waals surface area contributed by atoms with E-state index in [0.29, 0.717) is 29.6 Å². The van der Waals surface area contributed by atoms with E-state index >= 15 is 0 Å². The Kier molecular flexibility index (Phi) is 7.65. The van der Waals surface area contributed by atoms with Crippen LogP contribution in [0.5, 0.6) is 0 Å². The maximum atomic E-state index is 12.6. The molecule has 178 valence electrons. The second-order valence-electron chi connectivity index (χ2n) is 11.8. The third-order valence-electron chi connectivity index (χ3n) is 8.94. The highest BCUT2D eigenvalue weighted by Crippen LogP contribution is 2.45. The van der Waals surface area contributed by atoms with Gasteiger partial charge in [0.2, 0.25) is 0 Å². The van der Waals surface area contributed by atoms with Crippen LogP contribution in [0.15, 0.2) is 24.3 Å². The Balaban J connectivity index is 1.40. The van der Waals surface area contributed by atoms with E-state index in [4.69, 9.17) is 0 Å². The normalized spacial score (nSPS) is 30.3. The van der Waals surface area contributed by atoms with Gasteiger partial charge in [-0.1, -0.05) is 58.7 Å². The number of ketones is 1. The van der Waals surface area contributed by atoms with Crippen molar-refractivity contribution in [2.24, 2.45) is 17.3 Å². The molecule has 2 saturated carbocycles. The van der Waals surface area contributed by atoms with Gasteiger partial charge >= 0.3 is 0 Å². The van der Waals surface area contributed by atoms with Crippen molar-refractivity contribution in [1.82, 2.24) is 4.90 Å². The average Bonchev–Trinajstić information content (AvgIpc) is 2.83. The molecule has 2 atom stereocenters. The SMILES string of the molecule is CCC(=O)C1CCCCC1N1CCN(c2ccccc2C2CCC(C(C)(C)C)CC2)CC1. The van der Waals surface area contributed by atoms with E-state index in [2.05, 4.69) is 54.8 Å². The van der Waals surface area contributed by atoms with Gasteiger partial charge < -0.3 is 4.90 Å². The zero-order valence-corrected chi connectivity index (χ0v) is 21.1. The van der Waals surface area contributed by atoms with Crippen molar-refractivity contribution in [3.05, 3.63) is 29.8 Å². The fourth-order valence-electron chi connectivity index (χ4n) is 6.87. The number of hydrogen-bond donors (Lipinski definition) is 0. The second kappa shape index (κ2) is 10.3. The minimum absolute atomic E-state index is 0.283. The lowest BCUT2D eigenvalue weighted by Gasteiger charge is -2.45. The number of Topliss-reactive ketones (excluding diaryl/α,β-unsaturated/α-hetero) is 1. The largest absolute Gasteiger partial charge is 0.369 e. The number of anilines is 1. The fourth-order valence-corrected chi connectivity index (χ4v) is 6.87. The van der Waals surface area contributed by atoms with Crippen molar-refractivity contribution in [1.29, 1.82) is 0 Å². The lowest BCUT2D eigenvalue weighted by atomic mass is 9.68. The first-order chi connectivity index (χ1) is 15.4. The van der Waals surface area contributed by atoms with Crippen molar-refractivity contribution in [2.75, 3.05) is 31.1 Å². The van der Waals surface area contributed by atoms with E-state index < -0.39 is 0 Å². The van der Waals surface area contributed by atoms with E-state index in [0.717, 1.165) is 38.5 Å². The summed E-state index contributed by atoms with van der Waals surface area (Å²) in [7, 11) is 0. The van der Waals surface area contributed by atoms with Gasteiger partial charge in [0.25, 0.3) is 0 Å². The standard InChI is InChI=1S/C29H46N2O/c1-5-28(32)25-11-7-9-13-27(25)31-20-18-30(19-21-31)26-12-8-6-10-24(26)22-14-16-23(17-15-22)29(2,3)4/h6,8,10,12,22-23,25,27H,5,7,9,11,13-21H2,1-4H3. The predicted molar refractivity (Wildman–Crippen MR) is 135 cm³/mol. The Morgan fingerprint density at radius 2 is 1.56 bits per heavy atom. The van der Waals surface area contributed by atoms with Crippen LogP contribution in [0.4, 0.5) is 5.69 Å². The minimum Gasteiger partial charge on any atom is -0.369 e. The molecule has 0 spiro atoms. The molecule has 4 rings (SSSR count). The van der Waals surface area contributed by atoms with Crippen molar-refractivity contribution in [3.63, 3.8) is 0 Å². The van der Waals surface area contributed by atoms with Gasteiger partial charge in [-0.05, 0) is 67.4 Å². The highest BCUT2D eigenvalue weighted by Gasteiger charge is 2.36. The summed E-state index contributed by atoms with van der Waals surface area (Å²) in [5, 5.41) is 0. The van der Waals surface area contributed by atoms with Gasteiger partial charge in [-0.25, -0.2) is 0 Å². The first-order valence-electron chi connectivity index (χ1n) is 13.5. The Hall–Kier alpha value is -1.35. The molecule has 32 heavy (non-hydrogen) atoms. The minimum atomic E-state index is 0.283. The van der Waals surface area contributed by atoms with Crippen LogP contribution in [0.25, 0.3) is 0 Å². The molecule has 1 aliphatic heterocycles. The van der Waals surface area contributed by atoms with Crippen molar-refractivity contribution >= 4 is 11.5 Å². The molecule has 1 aromatic carbocycles. The van der Waals surface area contributed by atoms with Gasteiger partial charge in [0, 0.05) is 50.2 Å². The fraction of sp³-hybridized carbons (Fsp3) is 0.759. The molecule has 0 amide bonds. The number of carbonyl (C=O) groups excluding carboxylic acids is 1. The van der Waals surface area contributed by atoms with Crippen LogP contribution in [-0.2, 0) is 4.79 Å². The Morgan fingerprint density at radius 1 is 0.906 bits per heavy atom. The molecular weight excluding hydrogens is 392 g/mol. The van der Waals surface area contributed by atoms with Crippen molar-refractivity contribution in [2.45, 2.75) is 97.4 Å². The van der Waals surface area contributed by atoms with E-state index in [9.17, 15) is 4.79 Å². The maximum Gasteiger partial charge on any atom is 0.137 e. The second-order valence-corrected chi connectivity index (χ2v) is 11.8. The highest BCUT2D eigenvalue weighted by molar-refractivity contribution is 5.81. The van der Waals surface area contributed by atoms with Crippen LogP contribution in [0.2, 0.25) is 0 Å². The lowest BCUT2D eigenvalue weighted by molar-refractivity contribution is -0.126. The molecule has 3 fully saturated rings. The van der Waals surface area contributed by atoms with E-state index in [1.807, 2.05) is 6.92 Å². The van der Waals surface area contributed by atoms with E-state index in [1.165, 1.54) is 50.6 Å². The molecule has 2 unspecified atom stereocenters. The van der Waals surface area contributed by atoms with Crippen LogP contribution < -0.4 is 4.90 Å². The smallest absolute Gasteiger partial charge is 0.137 e. The summed E-state index contributed by atoms with van der Waals surface area (Å²) >= 11 is 0. The van der Waals surface area contributed by atoms with Gasteiger partial charge in [-0.15, -0.1) is 0 Å². The van der Waals surface area contributed by atoms with Gasteiger partial charge in [0.1, 0.15) is 5.78 Å². The number of nitrogens with zero attached hydrogens (tertiary/aromatic N) is 2. The summed E-state index contributed by atoms with van der Waals surface area (Å²) in [6.45, 7) is 13.7. The summed E-state index contributed by atoms with van der Waals surface area (Å²) in [4.78, 5) is 17.9. The van der Waals surface area contributed by atoms with Gasteiger partial charge in [-0.3, -0.25) is 9.69 Å². The monoisotopic (exact) mass is 438 g/mol. The molecule has 0 aromatic heterocycles. The Morgan fingerprint density at radius 3 is 2.22 bits per heavy atom. The summed E-state index contributed by atoms with van der Waals surface area (Å²) in [6, 6.07) is 9.73. The van der Waals surface area contributed by atoms with Crippen LogP contribution in [-0.4, -0.2) is 42.9 Å². The summed E-state index contributed by atoms with van der Waals surface area (Å²) in [5.41, 5.74) is 3.51. The quantitative estimate of drug-likeness (QED) is 0.513. The van der Waals surface area contributed by atoms with Gasteiger partial charge in [0.15, 0.2) is 0 Å². The molecular formula is C29H46N2O. The van der Waals surface area contributed by atoms with Crippen LogP contribution in [0.1, 0.15) is 97.0 Å². The average molecular weight is 439 g/mol. The van der Waals surface area contributed by atoms with Gasteiger partial charge in [-0.2, -0.15) is 0 Å². The van der Waals surface area contributed by atoms with E-state index in [1.54, 1.807) is 5.56 Å². The first-order valence-corrected chi connectivity index (χ1v) is 13.5. The molecule has 1 heterocycles. The van der Waals surface area contributed by atoms with Crippen LogP contribution in [0, 0.1) is 17.3 Å². The molecule has 3 aliphatic rings. The highest BCUT2D eigenvalue weighted by atomic mass is 16.1. The van der Waals surface area contributed by atoms with Crippen LogP contribution in [0.3, 0.4) is 0 Å². The number of benzene rings is 1. The number of carbonyl (C=O) groups is 1. The van der Waals surface area contributed by atoms with Crippen LogP contribution >= 0.6 is 0 Å². The summed E-state index contributed by atoms with van der Waals surface area (Å²) in [6.07, 6.45) is 10.9.